The maximum absolute atomic E-state index is 12.3. The highest BCUT2D eigenvalue weighted by Crippen LogP contribution is 2.24. The number of halogens is 2. The van der Waals surface area contributed by atoms with Crippen LogP contribution in [0.5, 0.6) is 5.75 Å². The largest absolute Gasteiger partial charge is 0.490 e. The number of aromatic nitrogens is 2. The molecule has 2 heterocycles. The smallest absolute Gasteiger partial charge is 0.226 e. The number of anilines is 1. The minimum atomic E-state index is 0. The average Bonchev–Trinajstić information content (AvgIpc) is 3.11. The highest BCUT2D eigenvalue weighted by atomic mass is 35.5. The van der Waals surface area contributed by atoms with Crippen LogP contribution in [0.3, 0.4) is 0 Å². The fourth-order valence-corrected chi connectivity index (χ4v) is 3.50. The molecule has 1 atom stereocenters. The first kappa shape index (κ1) is 22.6. The molecule has 1 fully saturated rings. The van der Waals surface area contributed by atoms with Crippen molar-refractivity contribution in [2.24, 2.45) is 0 Å². The van der Waals surface area contributed by atoms with E-state index in [1.807, 2.05) is 46.8 Å². The van der Waals surface area contributed by atoms with E-state index in [2.05, 4.69) is 15.6 Å². The highest BCUT2D eigenvalue weighted by molar-refractivity contribution is 7.99. The Balaban J connectivity index is 0.00000169. The van der Waals surface area contributed by atoms with E-state index in [4.69, 9.17) is 4.74 Å². The van der Waals surface area contributed by atoms with Gasteiger partial charge in [-0.15, -0.1) is 24.8 Å². The van der Waals surface area contributed by atoms with Gasteiger partial charge in [0.1, 0.15) is 12.4 Å². The number of hydrogen-bond donors (Lipinski definition) is 2. The summed E-state index contributed by atoms with van der Waals surface area (Å²) in [5.41, 5.74) is 0.719. The lowest BCUT2D eigenvalue weighted by atomic mass is 10.2. The van der Waals surface area contributed by atoms with Crippen LogP contribution in [-0.2, 0) is 11.3 Å². The van der Waals surface area contributed by atoms with Crippen molar-refractivity contribution < 1.29 is 9.53 Å². The predicted molar refractivity (Wildman–Crippen MR) is 111 cm³/mol. The first-order valence-electron chi connectivity index (χ1n) is 8.10. The van der Waals surface area contributed by atoms with Crippen LogP contribution >= 0.6 is 36.6 Å². The summed E-state index contributed by atoms with van der Waals surface area (Å²) in [4.78, 5) is 16.3. The number of imidazole rings is 1. The molecule has 1 saturated heterocycles. The van der Waals surface area contributed by atoms with Crippen molar-refractivity contribution in [1.29, 1.82) is 0 Å². The number of nitrogens with one attached hydrogen (secondary N) is 2. The minimum Gasteiger partial charge on any atom is -0.490 e. The number of benzene rings is 1. The molecular weight excluding hydrogens is 395 g/mol. The summed E-state index contributed by atoms with van der Waals surface area (Å²) in [6.07, 6.45) is 5.88. The predicted octanol–water partition coefficient (Wildman–Crippen LogP) is 2.84. The zero-order valence-electron chi connectivity index (χ0n) is 14.3. The van der Waals surface area contributed by atoms with Gasteiger partial charge in [-0.3, -0.25) is 4.79 Å². The van der Waals surface area contributed by atoms with Crippen LogP contribution in [0.25, 0.3) is 0 Å². The number of ether oxygens (including phenoxy) is 1. The quantitative estimate of drug-likeness (QED) is 0.723. The lowest BCUT2D eigenvalue weighted by molar-refractivity contribution is -0.116. The third kappa shape index (κ3) is 7.07. The number of thioether (sulfide) groups is 1. The van der Waals surface area contributed by atoms with Gasteiger partial charge in [0.05, 0.1) is 18.6 Å². The maximum atomic E-state index is 12.3. The van der Waals surface area contributed by atoms with Gasteiger partial charge in [-0.05, 0) is 12.1 Å². The number of carbonyl (C=O) groups excluding carboxylic acids is 1. The molecule has 2 N–H and O–H groups in total. The van der Waals surface area contributed by atoms with Crippen molar-refractivity contribution in [1.82, 2.24) is 14.9 Å². The standard InChI is InChI=1S/C17H22N4O2S.2ClH/c22-17(11-14-12-24-10-6-19-14)20-15-3-1-2-4-16(15)23-9-8-21-7-5-18-13-21;;/h1-5,7,13-14,19H,6,8-12H2,(H,20,22);2*1H. The molecule has 3 rings (SSSR count). The zero-order valence-corrected chi connectivity index (χ0v) is 16.7. The summed E-state index contributed by atoms with van der Waals surface area (Å²) in [6.45, 7) is 2.20. The van der Waals surface area contributed by atoms with Gasteiger partial charge in [0, 0.05) is 42.9 Å². The van der Waals surface area contributed by atoms with Crippen molar-refractivity contribution in [2.75, 3.05) is 30.0 Å². The number of hydrogen-bond acceptors (Lipinski definition) is 5. The van der Waals surface area contributed by atoms with E-state index in [1.165, 1.54) is 0 Å². The SMILES string of the molecule is Cl.Cl.O=C(CC1CSCCN1)Nc1ccccc1OCCn1ccnc1. The third-order valence-electron chi connectivity index (χ3n) is 3.76. The van der Waals surface area contributed by atoms with Gasteiger partial charge in [0.2, 0.25) is 5.91 Å². The fraction of sp³-hybridized carbons (Fsp3) is 0.412. The van der Waals surface area contributed by atoms with E-state index in [0.29, 0.717) is 25.3 Å². The van der Waals surface area contributed by atoms with Crippen molar-refractivity contribution in [3.63, 3.8) is 0 Å². The first-order chi connectivity index (χ1) is 11.8. The molecule has 26 heavy (non-hydrogen) atoms. The van der Waals surface area contributed by atoms with Crippen LogP contribution in [0.1, 0.15) is 6.42 Å². The summed E-state index contributed by atoms with van der Waals surface area (Å²) in [6, 6.07) is 7.79. The van der Waals surface area contributed by atoms with Crippen molar-refractivity contribution in [3.05, 3.63) is 43.0 Å². The van der Waals surface area contributed by atoms with Crippen LogP contribution in [0.15, 0.2) is 43.0 Å². The Morgan fingerprint density at radius 2 is 2.23 bits per heavy atom. The fourth-order valence-electron chi connectivity index (χ4n) is 2.55. The molecule has 0 aliphatic carbocycles. The van der Waals surface area contributed by atoms with Gasteiger partial charge < -0.3 is 19.9 Å². The minimum absolute atomic E-state index is 0. The van der Waals surface area contributed by atoms with Gasteiger partial charge in [-0.25, -0.2) is 4.98 Å². The molecule has 1 aromatic carbocycles. The molecule has 0 radical (unpaired) electrons. The zero-order chi connectivity index (χ0) is 16.6. The molecule has 6 nitrogen and oxygen atoms in total. The van der Waals surface area contributed by atoms with Crippen LogP contribution in [0.4, 0.5) is 5.69 Å². The number of para-hydroxylation sites is 2. The molecule has 1 amide bonds. The Kier molecular flexibility index (Phi) is 10.5. The van der Waals surface area contributed by atoms with E-state index in [-0.39, 0.29) is 36.8 Å². The summed E-state index contributed by atoms with van der Waals surface area (Å²) in [5.74, 6) is 2.81. The van der Waals surface area contributed by atoms with Crippen LogP contribution in [0, 0.1) is 0 Å². The molecule has 1 aromatic heterocycles. The van der Waals surface area contributed by atoms with E-state index in [9.17, 15) is 4.79 Å². The topological polar surface area (TPSA) is 68.2 Å². The Morgan fingerprint density at radius 3 is 2.96 bits per heavy atom. The Bertz CT molecular complexity index is 652. The normalized spacial score (nSPS) is 16.1. The molecule has 1 aliphatic rings. The van der Waals surface area contributed by atoms with Gasteiger partial charge >= 0.3 is 0 Å². The molecule has 144 valence electrons. The second kappa shape index (κ2) is 12.1. The Hall–Kier alpha value is -1.41. The van der Waals surface area contributed by atoms with Gasteiger partial charge in [0.15, 0.2) is 0 Å². The average molecular weight is 419 g/mol. The molecule has 2 aromatic rings. The van der Waals surface area contributed by atoms with E-state index in [0.717, 1.165) is 23.7 Å². The Morgan fingerprint density at radius 1 is 1.38 bits per heavy atom. The summed E-state index contributed by atoms with van der Waals surface area (Å²) in [7, 11) is 0. The second-order valence-electron chi connectivity index (χ2n) is 5.62. The summed E-state index contributed by atoms with van der Waals surface area (Å²) >= 11 is 1.89. The van der Waals surface area contributed by atoms with Crippen LogP contribution < -0.4 is 15.4 Å². The van der Waals surface area contributed by atoms with E-state index < -0.39 is 0 Å². The second-order valence-corrected chi connectivity index (χ2v) is 6.77. The summed E-state index contributed by atoms with van der Waals surface area (Å²) < 4.78 is 7.77. The molecule has 1 unspecified atom stereocenters. The van der Waals surface area contributed by atoms with Crippen LogP contribution in [0.2, 0.25) is 0 Å². The first-order valence-corrected chi connectivity index (χ1v) is 9.25. The van der Waals surface area contributed by atoms with E-state index >= 15 is 0 Å². The highest BCUT2D eigenvalue weighted by Gasteiger charge is 2.17. The molecule has 9 heteroatoms. The molecule has 1 aliphatic heterocycles. The third-order valence-corrected chi connectivity index (χ3v) is 4.89. The lowest BCUT2D eigenvalue weighted by Gasteiger charge is -2.22. The maximum Gasteiger partial charge on any atom is 0.226 e. The van der Waals surface area contributed by atoms with Gasteiger partial charge in [0.25, 0.3) is 0 Å². The van der Waals surface area contributed by atoms with Gasteiger partial charge in [-0.1, -0.05) is 12.1 Å². The van der Waals surface area contributed by atoms with Gasteiger partial charge in [-0.2, -0.15) is 11.8 Å². The number of nitrogens with zero attached hydrogens (tertiary/aromatic N) is 2. The number of amides is 1. The van der Waals surface area contributed by atoms with Crippen molar-refractivity contribution in [3.8, 4) is 5.75 Å². The van der Waals surface area contributed by atoms with Crippen LogP contribution in [-0.4, -0.2) is 46.2 Å². The van der Waals surface area contributed by atoms with Crippen molar-refractivity contribution in [2.45, 2.75) is 19.0 Å². The molecule has 0 saturated carbocycles. The number of rotatable bonds is 7. The lowest BCUT2D eigenvalue weighted by Crippen LogP contribution is -2.39. The van der Waals surface area contributed by atoms with E-state index in [1.54, 1.807) is 12.5 Å². The molecule has 0 bridgehead atoms. The molecular formula is C17H24Cl2N4O2S. The van der Waals surface area contributed by atoms with Crippen molar-refractivity contribution >= 4 is 48.2 Å². The number of carbonyl (C=O) groups is 1. The Labute approximate surface area is 170 Å². The monoisotopic (exact) mass is 418 g/mol. The summed E-state index contributed by atoms with van der Waals surface area (Å²) in [5, 5.41) is 6.35. The molecule has 0 spiro atoms.